The maximum absolute atomic E-state index is 11.1. The maximum Gasteiger partial charge on any atom is 0.321 e. The Balaban J connectivity index is 1.77. The van der Waals surface area contributed by atoms with E-state index >= 15 is 0 Å². The average Bonchev–Trinajstić information content (AvgIpc) is 2.38. The summed E-state index contributed by atoms with van der Waals surface area (Å²) >= 11 is 1.76. The van der Waals surface area contributed by atoms with E-state index in [2.05, 4.69) is 9.80 Å². The van der Waals surface area contributed by atoms with Gasteiger partial charge in [-0.2, -0.15) is 11.8 Å². The molecule has 0 aliphatic carbocycles. The minimum absolute atomic E-state index is 0.265. The minimum Gasteiger partial charge on any atom is -0.480 e. The molecule has 4 nitrogen and oxygen atoms in total. The topological polar surface area (TPSA) is 43.8 Å². The molecular formula is C12H22N2O2S. The van der Waals surface area contributed by atoms with Crippen molar-refractivity contribution in [2.45, 2.75) is 25.3 Å². The lowest BCUT2D eigenvalue weighted by atomic mass is 10.1. The molecule has 0 saturated carbocycles. The molecule has 5 heteroatoms. The largest absolute Gasteiger partial charge is 0.480 e. The van der Waals surface area contributed by atoms with Gasteiger partial charge in [0.1, 0.15) is 6.04 Å². The highest BCUT2D eigenvalue weighted by Crippen LogP contribution is 2.17. The molecule has 2 aliphatic rings. The van der Waals surface area contributed by atoms with E-state index in [9.17, 15) is 9.90 Å². The van der Waals surface area contributed by atoms with Crippen molar-refractivity contribution in [1.82, 2.24) is 9.80 Å². The Morgan fingerprint density at radius 3 is 2.65 bits per heavy atom. The van der Waals surface area contributed by atoms with Gasteiger partial charge < -0.3 is 10.0 Å². The third-order valence-corrected chi connectivity index (χ3v) is 4.70. The maximum atomic E-state index is 11.1. The van der Waals surface area contributed by atoms with Crippen LogP contribution in [0.3, 0.4) is 0 Å². The lowest BCUT2D eigenvalue weighted by Crippen LogP contribution is -2.50. The summed E-state index contributed by atoms with van der Waals surface area (Å²) in [6.45, 7) is 5.27. The molecule has 0 radical (unpaired) electrons. The first kappa shape index (κ1) is 13.2. The first-order valence-corrected chi connectivity index (χ1v) is 7.70. The molecule has 17 heavy (non-hydrogen) atoms. The fraction of sp³-hybridized carbons (Fsp3) is 0.917. The van der Waals surface area contributed by atoms with Crippen LogP contribution in [0.1, 0.15) is 19.3 Å². The SMILES string of the molecule is O=C(O)C1CSCCN1CCN1CCCCC1. The average molecular weight is 258 g/mol. The normalized spacial score (nSPS) is 28.1. The first-order chi connectivity index (χ1) is 8.27. The van der Waals surface area contributed by atoms with Gasteiger partial charge in [-0.05, 0) is 25.9 Å². The molecule has 0 aromatic rings. The zero-order chi connectivity index (χ0) is 12.1. The smallest absolute Gasteiger partial charge is 0.321 e. The molecule has 0 spiro atoms. The van der Waals surface area contributed by atoms with E-state index < -0.39 is 5.97 Å². The van der Waals surface area contributed by atoms with Crippen LogP contribution in [0.25, 0.3) is 0 Å². The Labute approximate surface area is 107 Å². The van der Waals surface area contributed by atoms with Crippen LogP contribution in [0.15, 0.2) is 0 Å². The lowest BCUT2D eigenvalue weighted by molar-refractivity contribution is -0.142. The van der Waals surface area contributed by atoms with Crippen molar-refractivity contribution in [3.05, 3.63) is 0 Å². The number of carbonyl (C=O) groups is 1. The van der Waals surface area contributed by atoms with Crippen molar-refractivity contribution in [2.24, 2.45) is 0 Å². The monoisotopic (exact) mass is 258 g/mol. The quantitative estimate of drug-likeness (QED) is 0.814. The molecule has 0 amide bonds. The van der Waals surface area contributed by atoms with E-state index in [1.54, 1.807) is 11.8 Å². The van der Waals surface area contributed by atoms with Gasteiger partial charge in [0, 0.05) is 31.1 Å². The Hall–Kier alpha value is -0.260. The highest BCUT2D eigenvalue weighted by Gasteiger charge is 2.28. The number of rotatable bonds is 4. The van der Waals surface area contributed by atoms with Crippen LogP contribution in [0.2, 0.25) is 0 Å². The van der Waals surface area contributed by atoms with Crippen LogP contribution >= 0.6 is 11.8 Å². The Kier molecular flexibility index (Phi) is 5.13. The lowest BCUT2D eigenvalue weighted by Gasteiger charge is -2.35. The third-order valence-electron chi connectivity index (χ3n) is 3.68. The predicted octanol–water partition coefficient (Wildman–Crippen LogP) is 0.974. The first-order valence-electron chi connectivity index (χ1n) is 6.54. The Morgan fingerprint density at radius 1 is 1.18 bits per heavy atom. The number of thioether (sulfide) groups is 1. The van der Waals surface area contributed by atoms with E-state index in [-0.39, 0.29) is 6.04 Å². The molecule has 2 heterocycles. The highest BCUT2D eigenvalue weighted by atomic mass is 32.2. The molecule has 2 aliphatic heterocycles. The highest BCUT2D eigenvalue weighted by molar-refractivity contribution is 7.99. The van der Waals surface area contributed by atoms with E-state index in [1.807, 2.05) is 0 Å². The van der Waals surface area contributed by atoms with Crippen LogP contribution in [0.4, 0.5) is 0 Å². The van der Waals surface area contributed by atoms with Crippen molar-refractivity contribution in [1.29, 1.82) is 0 Å². The van der Waals surface area contributed by atoms with Gasteiger partial charge in [-0.3, -0.25) is 9.69 Å². The Morgan fingerprint density at radius 2 is 1.94 bits per heavy atom. The van der Waals surface area contributed by atoms with Crippen molar-refractivity contribution < 1.29 is 9.90 Å². The zero-order valence-corrected chi connectivity index (χ0v) is 11.1. The molecule has 0 aromatic carbocycles. The van der Waals surface area contributed by atoms with Gasteiger partial charge in [-0.15, -0.1) is 0 Å². The van der Waals surface area contributed by atoms with Gasteiger partial charge in [0.15, 0.2) is 0 Å². The van der Waals surface area contributed by atoms with Crippen LogP contribution in [-0.4, -0.2) is 71.1 Å². The van der Waals surface area contributed by atoms with Gasteiger partial charge in [0.05, 0.1) is 0 Å². The summed E-state index contributed by atoms with van der Waals surface area (Å²) in [7, 11) is 0. The van der Waals surface area contributed by atoms with Crippen molar-refractivity contribution in [3.63, 3.8) is 0 Å². The summed E-state index contributed by atoms with van der Waals surface area (Å²) in [6.07, 6.45) is 3.96. The van der Waals surface area contributed by atoms with Crippen LogP contribution in [0, 0.1) is 0 Å². The number of piperidine rings is 1. The minimum atomic E-state index is -0.657. The molecule has 1 atom stereocenters. The van der Waals surface area contributed by atoms with Crippen LogP contribution < -0.4 is 0 Å². The molecule has 0 aromatic heterocycles. The summed E-state index contributed by atoms with van der Waals surface area (Å²) in [5, 5.41) is 9.18. The standard InChI is InChI=1S/C12H22N2O2S/c15-12(16)11-10-17-9-8-14(11)7-6-13-4-2-1-3-5-13/h11H,1-10H2,(H,15,16). The number of nitrogens with zero attached hydrogens (tertiary/aromatic N) is 2. The zero-order valence-electron chi connectivity index (χ0n) is 10.3. The van der Waals surface area contributed by atoms with E-state index in [1.165, 1.54) is 32.4 Å². The molecule has 0 bridgehead atoms. The molecule has 2 rings (SSSR count). The van der Waals surface area contributed by atoms with Crippen molar-refractivity contribution in [2.75, 3.05) is 44.2 Å². The van der Waals surface area contributed by atoms with Gasteiger partial charge in [0.2, 0.25) is 0 Å². The number of likely N-dealkylation sites (tertiary alicyclic amines) is 1. The molecule has 1 N–H and O–H groups in total. The molecule has 98 valence electrons. The van der Waals surface area contributed by atoms with Gasteiger partial charge in [-0.1, -0.05) is 6.42 Å². The second-order valence-corrected chi connectivity index (χ2v) is 6.02. The number of carboxylic acids is 1. The summed E-state index contributed by atoms with van der Waals surface area (Å²) in [5.74, 6) is 1.16. The summed E-state index contributed by atoms with van der Waals surface area (Å²) < 4.78 is 0. The van der Waals surface area contributed by atoms with Crippen molar-refractivity contribution in [3.8, 4) is 0 Å². The van der Waals surface area contributed by atoms with Crippen LogP contribution in [-0.2, 0) is 4.79 Å². The van der Waals surface area contributed by atoms with Crippen molar-refractivity contribution >= 4 is 17.7 Å². The molecule has 2 fully saturated rings. The predicted molar refractivity (Wildman–Crippen MR) is 70.6 cm³/mol. The fourth-order valence-electron chi connectivity index (χ4n) is 2.59. The van der Waals surface area contributed by atoms with E-state index in [4.69, 9.17) is 0 Å². The van der Waals surface area contributed by atoms with E-state index in [0.29, 0.717) is 0 Å². The number of hydrogen-bond donors (Lipinski definition) is 1. The van der Waals surface area contributed by atoms with E-state index in [0.717, 1.165) is 31.1 Å². The van der Waals surface area contributed by atoms with Gasteiger partial charge in [0.25, 0.3) is 0 Å². The number of carboxylic acid groups (broad SMARTS) is 1. The van der Waals surface area contributed by atoms with Gasteiger partial charge in [-0.25, -0.2) is 0 Å². The summed E-state index contributed by atoms with van der Waals surface area (Å²) in [5.41, 5.74) is 0. The Bertz CT molecular complexity index is 257. The second kappa shape index (κ2) is 6.61. The summed E-state index contributed by atoms with van der Waals surface area (Å²) in [4.78, 5) is 15.8. The number of aliphatic carboxylic acids is 1. The summed E-state index contributed by atoms with van der Waals surface area (Å²) in [6, 6.07) is -0.265. The van der Waals surface area contributed by atoms with Gasteiger partial charge >= 0.3 is 5.97 Å². The molecule has 2 saturated heterocycles. The number of hydrogen-bond acceptors (Lipinski definition) is 4. The second-order valence-electron chi connectivity index (χ2n) is 4.87. The third kappa shape index (κ3) is 3.86. The van der Waals surface area contributed by atoms with Crippen LogP contribution in [0.5, 0.6) is 0 Å². The molecule has 1 unspecified atom stereocenters. The fourth-order valence-corrected chi connectivity index (χ4v) is 3.69. The molecular weight excluding hydrogens is 236 g/mol.